The van der Waals surface area contributed by atoms with Gasteiger partial charge >= 0.3 is 0 Å². The van der Waals surface area contributed by atoms with E-state index in [9.17, 15) is 5.26 Å². The Morgan fingerprint density at radius 2 is 2.05 bits per heavy atom. The number of oxazole rings is 1. The lowest BCUT2D eigenvalue weighted by molar-refractivity contribution is 0.560. The maximum absolute atomic E-state index is 9.33. The first-order valence-corrected chi connectivity index (χ1v) is 5.81. The maximum atomic E-state index is 9.33. The van der Waals surface area contributed by atoms with Gasteiger partial charge in [0.05, 0.1) is 6.07 Å². The molecule has 0 amide bonds. The second-order valence-electron chi connectivity index (χ2n) is 4.13. The summed E-state index contributed by atoms with van der Waals surface area (Å²) in [6.07, 6.45) is 3.26. The molecule has 1 unspecified atom stereocenters. The molecule has 0 spiro atoms. The van der Waals surface area contributed by atoms with Crippen LogP contribution < -0.4 is 0 Å². The number of fused-ring (bicyclic) bond motifs is 1. The van der Waals surface area contributed by atoms with Gasteiger partial charge in [0.1, 0.15) is 17.3 Å². The third-order valence-electron chi connectivity index (χ3n) is 2.83. The number of rotatable bonds is 2. The van der Waals surface area contributed by atoms with Crippen LogP contribution in [-0.4, -0.2) is 15.0 Å². The molecule has 3 rings (SSSR count). The normalized spacial score (nSPS) is 12.2. The van der Waals surface area contributed by atoms with E-state index in [0.29, 0.717) is 17.3 Å². The molecule has 0 aliphatic rings. The van der Waals surface area contributed by atoms with Gasteiger partial charge < -0.3 is 4.42 Å². The summed E-state index contributed by atoms with van der Waals surface area (Å²) >= 11 is 0. The topological polar surface area (TPSA) is 75.6 Å². The standard InChI is InChI=1S/C14H10N4O/c1-9-18-12-4-3-10(7-13(12)19-9)11(8-15)14-16-5-2-6-17-14/h2-7,11H,1H3. The summed E-state index contributed by atoms with van der Waals surface area (Å²) in [7, 11) is 0. The Morgan fingerprint density at radius 3 is 2.79 bits per heavy atom. The Labute approximate surface area is 109 Å². The summed E-state index contributed by atoms with van der Waals surface area (Å²) in [6.45, 7) is 1.79. The Kier molecular flexibility index (Phi) is 2.69. The van der Waals surface area contributed by atoms with E-state index < -0.39 is 5.92 Å². The Balaban J connectivity index is 2.09. The molecule has 92 valence electrons. The first-order chi connectivity index (χ1) is 9.28. The minimum Gasteiger partial charge on any atom is -0.441 e. The summed E-state index contributed by atoms with van der Waals surface area (Å²) in [5, 5.41) is 9.33. The summed E-state index contributed by atoms with van der Waals surface area (Å²) in [5.74, 6) is 0.591. The highest BCUT2D eigenvalue weighted by Gasteiger charge is 2.17. The van der Waals surface area contributed by atoms with Crippen LogP contribution in [0.4, 0.5) is 0 Å². The highest BCUT2D eigenvalue weighted by molar-refractivity contribution is 5.73. The second kappa shape index (κ2) is 4.50. The average molecular weight is 250 g/mol. The van der Waals surface area contributed by atoms with Gasteiger partial charge in [0.2, 0.25) is 0 Å². The SMILES string of the molecule is Cc1nc2ccc(C(C#N)c3ncccn3)cc2o1. The lowest BCUT2D eigenvalue weighted by Crippen LogP contribution is -2.03. The van der Waals surface area contributed by atoms with Crippen molar-refractivity contribution >= 4 is 11.1 Å². The molecule has 1 atom stereocenters. The van der Waals surface area contributed by atoms with E-state index >= 15 is 0 Å². The van der Waals surface area contributed by atoms with Crippen LogP contribution in [0.1, 0.15) is 23.2 Å². The van der Waals surface area contributed by atoms with Gasteiger partial charge in [-0.05, 0) is 23.8 Å². The predicted octanol–water partition coefficient (Wildman–Crippen LogP) is 2.58. The van der Waals surface area contributed by atoms with Crippen molar-refractivity contribution in [1.82, 2.24) is 15.0 Å². The van der Waals surface area contributed by atoms with E-state index in [1.165, 1.54) is 0 Å². The molecule has 0 saturated heterocycles. The van der Waals surface area contributed by atoms with Crippen molar-refractivity contribution in [1.29, 1.82) is 5.26 Å². The molecule has 5 nitrogen and oxygen atoms in total. The van der Waals surface area contributed by atoms with Gasteiger partial charge in [-0.1, -0.05) is 6.07 Å². The zero-order valence-electron chi connectivity index (χ0n) is 10.2. The molecule has 2 aromatic heterocycles. The maximum Gasteiger partial charge on any atom is 0.192 e. The molecule has 1 aromatic carbocycles. The largest absolute Gasteiger partial charge is 0.441 e. The van der Waals surface area contributed by atoms with E-state index in [4.69, 9.17) is 4.42 Å². The fourth-order valence-corrected chi connectivity index (χ4v) is 1.98. The molecule has 0 aliphatic heterocycles. The molecule has 0 radical (unpaired) electrons. The summed E-state index contributed by atoms with van der Waals surface area (Å²) < 4.78 is 5.48. The monoisotopic (exact) mass is 250 g/mol. The number of nitriles is 1. The molecule has 0 fully saturated rings. The zero-order valence-corrected chi connectivity index (χ0v) is 10.2. The number of aryl methyl sites for hydroxylation is 1. The smallest absolute Gasteiger partial charge is 0.192 e. The van der Waals surface area contributed by atoms with Crippen molar-refractivity contribution in [3.8, 4) is 6.07 Å². The molecule has 2 heterocycles. The molecular weight excluding hydrogens is 240 g/mol. The highest BCUT2D eigenvalue weighted by Crippen LogP contribution is 2.25. The number of hydrogen-bond donors (Lipinski definition) is 0. The molecule has 19 heavy (non-hydrogen) atoms. The number of hydrogen-bond acceptors (Lipinski definition) is 5. The third kappa shape index (κ3) is 2.04. The molecular formula is C14H10N4O. The minimum atomic E-state index is -0.504. The summed E-state index contributed by atoms with van der Waals surface area (Å²) in [6, 6.07) is 9.46. The van der Waals surface area contributed by atoms with E-state index in [-0.39, 0.29) is 0 Å². The van der Waals surface area contributed by atoms with Gasteiger partial charge in [0.15, 0.2) is 11.5 Å². The first-order valence-electron chi connectivity index (χ1n) is 5.81. The van der Waals surface area contributed by atoms with Crippen molar-refractivity contribution in [2.45, 2.75) is 12.8 Å². The zero-order chi connectivity index (χ0) is 13.2. The quantitative estimate of drug-likeness (QED) is 0.698. The molecule has 0 aliphatic carbocycles. The lowest BCUT2D eigenvalue weighted by Gasteiger charge is -2.06. The van der Waals surface area contributed by atoms with Crippen molar-refractivity contribution < 1.29 is 4.42 Å². The van der Waals surface area contributed by atoms with Crippen LogP contribution in [0.3, 0.4) is 0 Å². The van der Waals surface area contributed by atoms with Crippen LogP contribution in [0, 0.1) is 18.3 Å². The first kappa shape index (κ1) is 11.4. The average Bonchev–Trinajstić information content (AvgIpc) is 2.80. The van der Waals surface area contributed by atoms with E-state index in [1.807, 2.05) is 18.2 Å². The van der Waals surface area contributed by atoms with Crippen molar-refractivity contribution in [3.05, 3.63) is 53.9 Å². The van der Waals surface area contributed by atoms with Gasteiger partial charge in [-0.25, -0.2) is 15.0 Å². The Bertz CT molecular complexity index is 758. The van der Waals surface area contributed by atoms with Crippen LogP contribution >= 0.6 is 0 Å². The number of nitrogens with zero attached hydrogens (tertiary/aromatic N) is 4. The van der Waals surface area contributed by atoms with Gasteiger partial charge in [-0.3, -0.25) is 0 Å². The molecule has 3 aromatic rings. The summed E-state index contributed by atoms with van der Waals surface area (Å²) in [5.41, 5.74) is 2.26. The van der Waals surface area contributed by atoms with Gasteiger partial charge in [-0.2, -0.15) is 5.26 Å². The summed E-state index contributed by atoms with van der Waals surface area (Å²) in [4.78, 5) is 12.5. The number of benzene rings is 1. The van der Waals surface area contributed by atoms with Crippen LogP contribution in [0.5, 0.6) is 0 Å². The highest BCUT2D eigenvalue weighted by atomic mass is 16.3. The van der Waals surface area contributed by atoms with E-state index in [0.717, 1.165) is 11.1 Å². The molecule has 0 N–H and O–H groups in total. The third-order valence-corrected chi connectivity index (χ3v) is 2.83. The fraction of sp³-hybridized carbons (Fsp3) is 0.143. The van der Waals surface area contributed by atoms with Crippen molar-refractivity contribution in [3.63, 3.8) is 0 Å². The van der Waals surface area contributed by atoms with Crippen molar-refractivity contribution in [2.24, 2.45) is 0 Å². The molecule has 0 saturated carbocycles. The Hall–Kier alpha value is -2.74. The molecule has 5 heteroatoms. The van der Waals surface area contributed by atoms with Gasteiger partial charge in [0.25, 0.3) is 0 Å². The Morgan fingerprint density at radius 1 is 1.26 bits per heavy atom. The van der Waals surface area contributed by atoms with Crippen molar-refractivity contribution in [2.75, 3.05) is 0 Å². The lowest BCUT2D eigenvalue weighted by atomic mass is 9.99. The van der Waals surface area contributed by atoms with Crippen LogP contribution in [0.15, 0.2) is 41.1 Å². The van der Waals surface area contributed by atoms with Gasteiger partial charge in [-0.15, -0.1) is 0 Å². The van der Waals surface area contributed by atoms with Crippen LogP contribution in [0.25, 0.3) is 11.1 Å². The van der Waals surface area contributed by atoms with Gasteiger partial charge in [0, 0.05) is 19.3 Å². The second-order valence-corrected chi connectivity index (χ2v) is 4.13. The molecule has 0 bridgehead atoms. The van der Waals surface area contributed by atoms with Crippen LogP contribution in [0.2, 0.25) is 0 Å². The van der Waals surface area contributed by atoms with Crippen LogP contribution in [-0.2, 0) is 0 Å². The fourth-order valence-electron chi connectivity index (χ4n) is 1.98. The minimum absolute atomic E-state index is 0.487. The number of aromatic nitrogens is 3. The van der Waals surface area contributed by atoms with E-state index in [2.05, 4.69) is 21.0 Å². The van der Waals surface area contributed by atoms with E-state index in [1.54, 1.807) is 25.4 Å². The predicted molar refractivity (Wildman–Crippen MR) is 68.2 cm³/mol.